The molecule has 0 bridgehead atoms. The van der Waals surface area contributed by atoms with Crippen molar-refractivity contribution in [3.63, 3.8) is 0 Å². The Hall–Kier alpha value is -1.92. The van der Waals surface area contributed by atoms with Gasteiger partial charge in [-0.3, -0.25) is 14.5 Å². The lowest BCUT2D eigenvalue weighted by Crippen LogP contribution is -2.52. The highest BCUT2D eigenvalue weighted by Crippen LogP contribution is 2.48. The monoisotopic (exact) mass is 387 g/mol. The lowest BCUT2D eigenvalue weighted by molar-refractivity contribution is -0.134. The van der Waals surface area contributed by atoms with Crippen LogP contribution in [0.1, 0.15) is 44.1 Å². The van der Waals surface area contributed by atoms with Gasteiger partial charge in [0.25, 0.3) is 0 Å². The van der Waals surface area contributed by atoms with E-state index in [1.165, 1.54) is 10.5 Å². The Balaban J connectivity index is 1.68. The third-order valence-corrected chi connectivity index (χ3v) is 6.88. The first-order chi connectivity index (χ1) is 13.3. The number of hydrogen-bond donors (Lipinski definition) is 2. The van der Waals surface area contributed by atoms with Crippen molar-refractivity contribution in [2.24, 2.45) is 5.92 Å². The van der Waals surface area contributed by atoms with Gasteiger partial charge in [0.2, 0.25) is 11.8 Å². The molecule has 6 heteroatoms. The molecule has 2 fully saturated rings. The van der Waals surface area contributed by atoms with Crippen LogP contribution < -0.4 is 5.32 Å². The third-order valence-electron chi connectivity index (χ3n) is 6.88. The van der Waals surface area contributed by atoms with Gasteiger partial charge >= 0.3 is 0 Å². The van der Waals surface area contributed by atoms with Gasteiger partial charge in [0, 0.05) is 37.0 Å². The molecule has 2 aliphatic rings. The van der Waals surface area contributed by atoms with E-state index in [-0.39, 0.29) is 41.8 Å². The standard InChI is InChI=1S/C22H33N3O3/c1-24(2)22(18-7-5-4-6-8-18)11-9-21(10-12-22)16-17(20(28)23-21)15-19(27)25(3)13-14-26/h4-8,17,26H,9-16H2,1-3H3,(H,23,28)/t17?,21-,22+. The van der Waals surface area contributed by atoms with Gasteiger partial charge in [-0.1, -0.05) is 30.3 Å². The summed E-state index contributed by atoms with van der Waals surface area (Å²) in [6.45, 7) is 0.246. The second kappa shape index (κ2) is 8.21. The number of benzene rings is 1. The number of carbonyl (C=O) groups excluding carboxylic acids is 2. The van der Waals surface area contributed by atoms with Crippen molar-refractivity contribution in [2.45, 2.75) is 49.6 Å². The summed E-state index contributed by atoms with van der Waals surface area (Å²) in [5, 5.41) is 12.3. The molecule has 28 heavy (non-hydrogen) atoms. The van der Waals surface area contributed by atoms with E-state index in [4.69, 9.17) is 5.11 Å². The van der Waals surface area contributed by atoms with Crippen LogP contribution in [-0.2, 0) is 15.1 Å². The predicted octanol–water partition coefficient (Wildman–Crippen LogP) is 1.73. The number of nitrogens with one attached hydrogen (secondary N) is 1. The summed E-state index contributed by atoms with van der Waals surface area (Å²) in [6.07, 6.45) is 4.75. The molecule has 1 atom stereocenters. The van der Waals surface area contributed by atoms with Gasteiger partial charge in [0.05, 0.1) is 6.61 Å². The Labute approximate surface area is 167 Å². The van der Waals surface area contributed by atoms with Crippen LogP contribution in [0, 0.1) is 5.92 Å². The maximum Gasteiger partial charge on any atom is 0.224 e. The van der Waals surface area contributed by atoms with Crippen LogP contribution in [0.2, 0.25) is 0 Å². The Morgan fingerprint density at radius 2 is 1.79 bits per heavy atom. The summed E-state index contributed by atoms with van der Waals surface area (Å²) >= 11 is 0. The fourth-order valence-corrected chi connectivity index (χ4v) is 5.00. The summed E-state index contributed by atoms with van der Waals surface area (Å²) in [5.41, 5.74) is 1.13. The second-order valence-electron chi connectivity index (χ2n) is 8.71. The molecule has 1 heterocycles. The Bertz CT molecular complexity index is 696. The Morgan fingerprint density at radius 1 is 1.14 bits per heavy atom. The van der Waals surface area contributed by atoms with Crippen LogP contribution in [0.3, 0.4) is 0 Å². The number of amides is 2. The number of nitrogens with zero attached hydrogens (tertiary/aromatic N) is 2. The van der Waals surface area contributed by atoms with Crippen molar-refractivity contribution in [3.05, 3.63) is 35.9 Å². The summed E-state index contributed by atoms with van der Waals surface area (Å²) in [4.78, 5) is 28.7. The van der Waals surface area contributed by atoms with Crippen LogP contribution in [0.5, 0.6) is 0 Å². The number of aliphatic hydroxyl groups excluding tert-OH is 1. The molecule has 1 aromatic carbocycles. The van der Waals surface area contributed by atoms with Crippen LogP contribution in [0.15, 0.2) is 30.3 Å². The topological polar surface area (TPSA) is 72.9 Å². The molecule has 0 radical (unpaired) electrons. The first-order valence-electron chi connectivity index (χ1n) is 10.2. The zero-order valence-electron chi connectivity index (χ0n) is 17.3. The van der Waals surface area contributed by atoms with E-state index in [1.807, 2.05) is 6.07 Å². The molecule has 154 valence electrons. The fourth-order valence-electron chi connectivity index (χ4n) is 5.00. The van der Waals surface area contributed by atoms with Crippen molar-refractivity contribution in [1.29, 1.82) is 0 Å². The van der Waals surface area contributed by atoms with E-state index in [2.05, 4.69) is 48.6 Å². The summed E-state index contributed by atoms with van der Waals surface area (Å²) in [5.74, 6) is -0.339. The normalized spacial score (nSPS) is 29.9. The summed E-state index contributed by atoms with van der Waals surface area (Å²) in [6, 6.07) is 10.6. The minimum absolute atomic E-state index is 0.00260. The van der Waals surface area contributed by atoms with Crippen LogP contribution in [0.4, 0.5) is 0 Å². The highest BCUT2D eigenvalue weighted by atomic mass is 16.3. The summed E-state index contributed by atoms with van der Waals surface area (Å²) < 4.78 is 0. The van der Waals surface area contributed by atoms with E-state index in [0.29, 0.717) is 6.54 Å². The number of likely N-dealkylation sites (N-methyl/N-ethyl adjacent to an activating group) is 1. The SMILES string of the molecule is CN(CCO)C(=O)CC1C[C@]2(CC[C@](c3ccccc3)(N(C)C)CC2)NC1=O. The Morgan fingerprint density at radius 3 is 2.36 bits per heavy atom. The molecule has 1 unspecified atom stereocenters. The first kappa shape index (κ1) is 20.8. The molecule has 0 aromatic heterocycles. The van der Waals surface area contributed by atoms with Gasteiger partial charge in [-0.15, -0.1) is 0 Å². The average molecular weight is 388 g/mol. The zero-order valence-corrected chi connectivity index (χ0v) is 17.3. The van der Waals surface area contributed by atoms with Crippen LogP contribution in [-0.4, -0.2) is 66.6 Å². The molecule has 3 rings (SSSR count). The van der Waals surface area contributed by atoms with Gasteiger partial charge in [-0.25, -0.2) is 0 Å². The van der Waals surface area contributed by atoms with Gasteiger partial charge in [0.15, 0.2) is 0 Å². The highest BCUT2D eigenvalue weighted by Gasteiger charge is 2.50. The summed E-state index contributed by atoms with van der Waals surface area (Å²) in [7, 11) is 5.94. The Kier molecular flexibility index (Phi) is 6.10. The quantitative estimate of drug-likeness (QED) is 0.780. The molecule has 1 spiro atoms. The van der Waals surface area contributed by atoms with E-state index in [9.17, 15) is 9.59 Å². The number of hydrogen-bond acceptors (Lipinski definition) is 4. The molecule has 1 aliphatic carbocycles. The van der Waals surface area contributed by atoms with Crippen molar-refractivity contribution in [3.8, 4) is 0 Å². The van der Waals surface area contributed by atoms with E-state index in [1.54, 1.807) is 7.05 Å². The van der Waals surface area contributed by atoms with Gasteiger partial charge < -0.3 is 15.3 Å². The number of rotatable bonds is 6. The fraction of sp³-hybridized carbons (Fsp3) is 0.636. The maximum absolute atomic E-state index is 12.6. The minimum Gasteiger partial charge on any atom is -0.395 e. The van der Waals surface area contributed by atoms with E-state index in [0.717, 1.165) is 32.1 Å². The van der Waals surface area contributed by atoms with E-state index < -0.39 is 0 Å². The van der Waals surface area contributed by atoms with Crippen molar-refractivity contribution in [1.82, 2.24) is 15.1 Å². The molecule has 1 aliphatic heterocycles. The molecular weight excluding hydrogens is 354 g/mol. The van der Waals surface area contributed by atoms with Crippen LogP contribution >= 0.6 is 0 Å². The number of aliphatic hydroxyl groups is 1. The average Bonchev–Trinajstić information content (AvgIpc) is 2.98. The molecule has 1 saturated heterocycles. The first-order valence-corrected chi connectivity index (χ1v) is 10.2. The second-order valence-corrected chi connectivity index (χ2v) is 8.71. The molecule has 1 saturated carbocycles. The van der Waals surface area contributed by atoms with E-state index >= 15 is 0 Å². The lowest BCUT2D eigenvalue weighted by atomic mass is 9.67. The van der Waals surface area contributed by atoms with Crippen molar-refractivity contribution in [2.75, 3.05) is 34.3 Å². The van der Waals surface area contributed by atoms with Gasteiger partial charge in [-0.05, 0) is 51.8 Å². The molecule has 6 nitrogen and oxygen atoms in total. The third kappa shape index (κ3) is 3.94. The van der Waals surface area contributed by atoms with Crippen molar-refractivity contribution < 1.29 is 14.7 Å². The molecule has 1 aromatic rings. The smallest absolute Gasteiger partial charge is 0.224 e. The molecule has 2 N–H and O–H groups in total. The van der Waals surface area contributed by atoms with Gasteiger partial charge in [0.1, 0.15) is 0 Å². The zero-order chi connectivity index (χ0) is 20.4. The minimum atomic E-state index is -0.266. The maximum atomic E-state index is 12.6. The van der Waals surface area contributed by atoms with Crippen molar-refractivity contribution >= 4 is 11.8 Å². The molecule has 2 amide bonds. The lowest BCUT2D eigenvalue weighted by Gasteiger charge is -2.49. The predicted molar refractivity (Wildman–Crippen MR) is 109 cm³/mol. The van der Waals surface area contributed by atoms with Crippen LogP contribution in [0.25, 0.3) is 0 Å². The molecular formula is C22H33N3O3. The van der Waals surface area contributed by atoms with Gasteiger partial charge in [-0.2, -0.15) is 0 Å². The largest absolute Gasteiger partial charge is 0.395 e. The highest BCUT2D eigenvalue weighted by molar-refractivity contribution is 5.88. The number of carbonyl (C=O) groups is 2.